The van der Waals surface area contributed by atoms with Crippen molar-refractivity contribution in [2.24, 2.45) is 0 Å². The summed E-state index contributed by atoms with van der Waals surface area (Å²) in [6.07, 6.45) is 5.28. The number of carbonyl (C=O) groups is 1. The van der Waals surface area contributed by atoms with E-state index in [-0.39, 0.29) is 5.91 Å². The maximum atomic E-state index is 13.0. The normalized spacial score (nSPS) is 14.8. The average Bonchev–Trinajstić information content (AvgIpc) is 3.22. The number of aromatic nitrogens is 4. The Labute approximate surface area is 181 Å². The van der Waals surface area contributed by atoms with Crippen LogP contribution in [0.2, 0.25) is 0 Å². The van der Waals surface area contributed by atoms with Gasteiger partial charge in [0.25, 0.3) is 5.91 Å². The van der Waals surface area contributed by atoms with E-state index >= 15 is 0 Å². The second-order valence-corrected chi connectivity index (χ2v) is 7.81. The molecule has 3 aromatic heterocycles. The van der Waals surface area contributed by atoms with E-state index in [1.54, 1.807) is 12.5 Å². The monoisotopic (exact) mass is 412 g/mol. The molecule has 5 rings (SSSR count). The van der Waals surface area contributed by atoms with Crippen molar-refractivity contribution < 1.29 is 4.79 Å². The van der Waals surface area contributed by atoms with Crippen molar-refractivity contribution in [3.8, 4) is 0 Å². The molecule has 0 spiro atoms. The Kier molecular flexibility index (Phi) is 5.41. The van der Waals surface area contributed by atoms with Crippen molar-refractivity contribution in [1.82, 2.24) is 29.3 Å². The van der Waals surface area contributed by atoms with Gasteiger partial charge in [-0.05, 0) is 23.8 Å². The molecule has 7 heteroatoms. The van der Waals surface area contributed by atoms with Gasteiger partial charge in [-0.2, -0.15) is 0 Å². The van der Waals surface area contributed by atoms with Crippen LogP contribution in [-0.4, -0.2) is 61.4 Å². The van der Waals surface area contributed by atoms with Gasteiger partial charge in [-0.25, -0.2) is 9.97 Å². The van der Waals surface area contributed by atoms with E-state index in [4.69, 9.17) is 0 Å². The lowest BCUT2D eigenvalue weighted by molar-refractivity contribution is 0.0627. The number of hydrogen-bond acceptors (Lipinski definition) is 5. The van der Waals surface area contributed by atoms with E-state index in [0.717, 1.165) is 36.5 Å². The third kappa shape index (κ3) is 4.32. The average molecular weight is 412 g/mol. The number of piperazine rings is 1. The number of carbonyl (C=O) groups excluding carboxylic acids is 1. The molecule has 0 N–H and O–H groups in total. The lowest BCUT2D eigenvalue weighted by atomic mass is 10.2. The van der Waals surface area contributed by atoms with Crippen LogP contribution in [-0.2, 0) is 13.1 Å². The second kappa shape index (κ2) is 8.65. The molecule has 4 heterocycles. The SMILES string of the molecule is O=C(c1cnc2c(c1)ncn2Cc1ccccc1)N1CCN(Cc2ccccn2)CC1. The molecule has 1 aliphatic heterocycles. The number of benzene rings is 1. The molecular weight excluding hydrogens is 388 g/mol. The summed E-state index contributed by atoms with van der Waals surface area (Å²) in [5.74, 6) is 0.0181. The highest BCUT2D eigenvalue weighted by atomic mass is 16.2. The zero-order valence-corrected chi connectivity index (χ0v) is 17.3. The van der Waals surface area contributed by atoms with Crippen LogP contribution in [0, 0.1) is 0 Å². The molecular formula is C24H24N6O. The van der Waals surface area contributed by atoms with Gasteiger partial charge in [-0.15, -0.1) is 0 Å². The van der Waals surface area contributed by atoms with E-state index in [9.17, 15) is 4.79 Å². The molecule has 1 amide bonds. The fourth-order valence-electron chi connectivity index (χ4n) is 3.97. The number of imidazole rings is 1. The molecule has 4 aromatic rings. The third-order valence-corrected chi connectivity index (χ3v) is 5.67. The van der Waals surface area contributed by atoms with E-state index < -0.39 is 0 Å². The Balaban J connectivity index is 1.24. The fourth-order valence-corrected chi connectivity index (χ4v) is 3.97. The van der Waals surface area contributed by atoms with Gasteiger partial charge >= 0.3 is 0 Å². The minimum atomic E-state index is 0.0181. The molecule has 7 nitrogen and oxygen atoms in total. The summed E-state index contributed by atoms with van der Waals surface area (Å²) in [6, 6.07) is 18.0. The highest BCUT2D eigenvalue weighted by Crippen LogP contribution is 2.16. The van der Waals surface area contributed by atoms with Crippen molar-refractivity contribution in [2.45, 2.75) is 13.1 Å². The standard InChI is InChI=1S/C24H24N6O/c31-24(29-12-10-28(11-13-29)17-21-8-4-5-9-25-21)20-14-22-23(26-15-20)30(18-27-22)16-19-6-2-1-3-7-19/h1-9,14-15,18H,10-13,16-17H2. The summed E-state index contributed by atoms with van der Waals surface area (Å²) >= 11 is 0. The van der Waals surface area contributed by atoms with E-state index in [2.05, 4.69) is 32.0 Å². The van der Waals surface area contributed by atoms with Crippen molar-refractivity contribution >= 4 is 17.1 Å². The van der Waals surface area contributed by atoms with Crippen LogP contribution >= 0.6 is 0 Å². The number of amides is 1. The molecule has 0 bridgehead atoms. The third-order valence-electron chi connectivity index (χ3n) is 5.67. The van der Waals surface area contributed by atoms with Crippen molar-refractivity contribution in [2.75, 3.05) is 26.2 Å². The first-order valence-corrected chi connectivity index (χ1v) is 10.5. The molecule has 1 saturated heterocycles. The van der Waals surface area contributed by atoms with Crippen LogP contribution in [0.15, 0.2) is 73.3 Å². The Hall–Kier alpha value is -3.58. The number of nitrogens with zero attached hydrogens (tertiary/aromatic N) is 6. The fraction of sp³-hybridized carbons (Fsp3) is 0.250. The Morgan fingerprint density at radius 1 is 0.871 bits per heavy atom. The molecule has 0 unspecified atom stereocenters. The first-order chi connectivity index (χ1) is 15.3. The maximum absolute atomic E-state index is 13.0. The predicted molar refractivity (Wildman–Crippen MR) is 118 cm³/mol. The molecule has 0 saturated carbocycles. The van der Waals surface area contributed by atoms with Gasteiger partial charge in [0.2, 0.25) is 0 Å². The predicted octanol–water partition coefficient (Wildman–Crippen LogP) is 2.83. The summed E-state index contributed by atoms with van der Waals surface area (Å²) in [5, 5.41) is 0. The first kappa shape index (κ1) is 19.4. The zero-order valence-electron chi connectivity index (χ0n) is 17.3. The van der Waals surface area contributed by atoms with E-state index in [1.807, 2.05) is 58.1 Å². The molecule has 0 aliphatic carbocycles. The smallest absolute Gasteiger partial charge is 0.255 e. The topological polar surface area (TPSA) is 67.2 Å². The maximum Gasteiger partial charge on any atom is 0.255 e. The van der Waals surface area contributed by atoms with Crippen LogP contribution in [0.4, 0.5) is 0 Å². The van der Waals surface area contributed by atoms with Crippen LogP contribution in [0.25, 0.3) is 11.2 Å². The lowest BCUT2D eigenvalue weighted by Crippen LogP contribution is -2.48. The molecule has 1 aliphatic rings. The highest BCUT2D eigenvalue weighted by Gasteiger charge is 2.23. The Bertz CT molecular complexity index is 1170. The van der Waals surface area contributed by atoms with Crippen molar-refractivity contribution in [3.63, 3.8) is 0 Å². The summed E-state index contributed by atoms with van der Waals surface area (Å²) in [4.78, 5) is 30.7. The molecule has 156 valence electrons. The summed E-state index contributed by atoms with van der Waals surface area (Å²) < 4.78 is 2.01. The van der Waals surface area contributed by atoms with Crippen molar-refractivity contribution in [3.05, 3.63) is 90.1 Å². The first-order valence-electron chi connectivity index (χ1n) is 10.5. The lowest BCUT2D eigenvalue weighted by Gasteiger charge is -2.34. The minimum Gasteiger partial charge on any atom is -0.336 e. The number of pyridine rings is 2. The van der Waals surface area contributed by atoms with Crippen LogP contribution in [0.1, 0.15) is 21.6 Å². The highest BCUT2D eigenvalue weighted by molar-refractivity contribution is 5.96. The Morgan fingerprint density at radius 2 is 1.68 bits per heavy atom. The van der Waals surface area contributed by atoms with Gasteiger partial charge in [0, 0.05) is 45.1 Å². The largest absolute Gasteiger partial charge is 0.336 e. The van der Waals surface area contributed by atoms with E-state index in [1.165, 1.54) is 5.56 Å². The minimum absolute atomic E-state index is 0.0181. The van der Waals surface area contributed by atoms with Crippen LogP contribution in [0.5, 0.6) is 0 Å². The van der Waals surface area contributed by atoms with Crippen LogP contribution in [0.3, 0.4) is 0 Å². The summed E-state index contributed by atoms with van der Waals surface area (Å²) in [5.41, 5.74) is 4.38. The van der Waals surface area contributed by atoms with Gasteiger partial charge in [0.1, 0.15) is 5.52 Å². The Morgan fingerprint density at radius 3 is 2.45 bits per heavy atom. The molecule has 1 aromatic carbocycles. The summed E-state index contributed by atoms with van der Waals surface area (Å²) in [7, 11) is 0. The number of hydrogen-bond donors (Lipinski definition) is 0. The second-order valence-electron chi connectivity index (χ2n) is 7.81. The molecule has 1 fully saturated rings. The molecule has 0 radical (unpaired) electrons. The quantitative estimate of drug-likeness (QED) is 0.504. The van der Waals surface area contributed by atoms with Gasteiger partial charge in [-0.1, -0.05) is 36.4 Å². The van der Waals surface area contributed by atoms with Crippen LogP contribution < -0.4 is 0 Å². The number of rotatable bonds is 5. The molecule has 0 atom stereocenters. The van der Waals surface area contributed by atoms with Gasteiger partial charge in [0.05, 0.1) is 24.1 Å². The molecule has 31 heavy (non-hydrogen) atoms. The number of fused-ring (bicyclic) bond motifs is 1. The van der Waals surface area contributed by atoms with Crippen molar-refractivity contribution in [1.29, 1.82) is 0 Å². The van der Waals surface area contributed by atoms with Gasteiger partial charge < -0.3 is 9.47 Å². The van der Waals surface area contributed by atoms with Gasteiger partial charge in [-0.3, -0.25) is 14.7 Å². The zero-order chi connectivity index (χ0) is 21.0. The van der Waals surface area contributed by atoms with E-state index in [0.29, 0.717) is 25.2 Å². The van der Waals surface area contributed by atoms with Gasteiger partial charge in [0.15, 0.2) is 5.65 Å². The summed E-state index contributed by atoms with van der Waals surface area (Å²) in [6.45, 7) is 4.59.